The van der Waals surface area contributed by atoms with Gasteiger partial charge >= 0.3 is 0 Å². The van der Waals surface area contributed by atoms with Crippen molar-refractivity contribution in [1.29, 1.82) is 0 Å². The molecule has 6 nitrogen and oxygen atoms in total. The predicted molar refractivity (Wildman–Crippen MR) is 126 cm³/mol. The molecular weight excluding hydrogens is 443 g/mol. The second kappa shape index (κ2) is 9.30. The number of anilines is 2. The van der Waals surface area contributed by atoms with Gasteiger partial charge in [0.2, 0.25) is 5.91 Å². The van der Waals surface area contributed by atoms with E-state index in [1.165, 1.54) is 25.3 Å². The standard InChI is InChI=1S/C25H21FN2O4S/c1-32-24-14-11-20(16-23(24)28-33(30,31)21-12-9-19(26)10-13-21)27-25(29)15-18-7-4-6-17-5-2-3-8-22(17)18/h2-14,16,28H,15H2,1H3,(H,27,29). The van der Waals surface area contributed by atoms with Gasteiger partial charge in [0, 0.05) is 5.69 Å². The molecule has 1 amide bonds. The summed E-state index contributed by atoms with van der Waals surface area (Å²) < 4.78 is 46.3. The minimum absolute atomic E-state index is 0.101. The average Bonchev–Trinajstić information content (AvgIpc) is 2.79. The lowest BCUT2D eigenvalue weighted by Gasteiger charge is -2.14. The highest BCUT2D eigenvalue weighted by Gasteiger charge is 2.18. The summed E-state index contributed by atoms with van der Waals surface area (Å²) in [4.78, 5) is 12.6. The van der Waals surface area contributed by atoms with E-state index < -0.39 is 15.8 Å². The summed E-state index contributed by atoms with van der Waals surface area (Å²) in [7, 11) is -2.58. The normalized spacial score (nSPS) is 11.2. The van der Waals surface area contributed by atoms with Gasteiger partial charge in [0.25, 0.3) is 10.0 Å². The van der Waals surface area contributed by atoms with Crippen molar-refractivity contribution in [3.63, 3.8) is 0 Å². The molecule has 0 unspecified atom stereocenters. The third-order valence-corrected chi connectivity index (χ3v) is 6.46. The quantitative estimate of drug-likeness (QED) is 0.405. The molecule has 0 aliphatic rings. The third kappa shape index (κ3) is 5.12. The molecule has 0 aromatic heterocycles. The van der Waals surface area contributed by atoms with E-state index in [1.807, 2.05) is 42.5 Å². The van der Waals surface area contributed by atoms with Crippen LogP contribution in [0.2, 0.25) is 0 Å². The molecule has 33 heavy (non-hydrogen) atoms. The number of hydrogen-bond acceptors (Lipinski definition) is 4. The first-order valence-electron chi connectivity index (χ1n) is 10.1. The van der Waals surface area contributed by atoms with Crippen molar-refractivity contribution in [2.75, 3.05) is 17.1 Å². The lowest BCUT2D eigenvalue weighted by Crippen LogP contribution is -2.16. The topological polar surface area (TPSA) is 84.5 Å². The van der Waals surface area contributed by atoms with Gasteiger partial charge < -0.3 is 10.1 Å². The zero-order valence-corrected chi connectivity index (χ0v) is 18.5. The number of ether oxygens (including phenoxy) is 1. The number of carbonyl (C=O) groups is 1. The second-order valence-electron chi connectivity index (χ2n) is 7.34. The van der Waals surface area contributed by atoms with Crippen LogP contribution in [-0.2, 0) is 21.2 Å². The van der Waals surface area contributed by atoms with E-state index in [9.17, 15) is 17.6 Å². The van der Waals surface area contributed by atoms with Crippen LogP contribution in [0.5, 0.6) is 5.75 Å². The molecule has 0 aliphatic heterocycles. The molecule has 0 heterocycles. The summed E-state index contributed by atoms with van der Waals surface area (Å²) in [6.45, 7) is 0. The molecule has 0 fully saturated rings. The van der Waals surface area contributed by atoms with Crippen molar-refractivity contribution in [3.05, 3.63) is 96.3 Å². The minimum atomic E-state index is -3.99. The Hall–Kier alpha value is -3.91. The molecule has 2 N–H and O–H groups in total. The van der Waals surface area contributed by atoms with Crippen LogP contribution in [0.1, 0.15) is 5.56 Å². The van der Waals surface area contributed by atoms with Gasteiger partial charge in [-0.15, -0.1) is 0 Å². The van der Waals surface area contributed by atoms with E-state index in [4.69, 9.17) is 4.74 Å². The summed E-state index contributed by atoms with van der Waals surface area (Å²) in [5.41, 5.74) is 1.43. The van der Waals surface area contributed by atoms with Gasteiger partial charge in [0.15, 0.2) is 0 Å². The summed E-state index contributed by atoms with van der Waals surface area (Å²) in [6.07, 6.45) is 0.157. The molecule has 0 aliphatic carbocycles. The van der Waals surface area contributed by atoms with Gasteiger partial charge in [-0.2, -0.15) is 0 Å². The zero-order valence-electron chi connectivity index (χ0n) is 17.7. The molecule has 4 aromatic rings. The fourth-order valence-electron chi connectivity index (χ4n) is 3.51. The molecule has 0 bridgehead atoms. The van der Waals surface area contributed by atoms with E-state index >= 15 is 0 Å². The van der Waals surface area contributed by atoms with Gasteiger partial charge in [-0.3, -0.25) is 9.52 Å². The maximum absolute atomic E-state index is 13.2. The van der Waals surface area contributed by atoms with E-state index in [0.29, 0.717) is 5.69 Å². The Bertz CT molecular complexity index is 1420. The molecule has 0 atom stereocenters. The van der Waals surface area contributed by atoms with Gasteiger partial charge in [0.05, 0.1) is 24.1 Å². The Morgan fingerprint density at radius 3 is 2.42 bits per heavy atom. The minimum Gasteiger partial charge on any atom is -0.495 e. The van der Waals surface area contributed by atoms with Crippen LogP contribution < -0.4 is 14.8 Å². The molecule has 4 aromatic carbocycles. The second-order valence-corrected chi connectivity index (χ2v) is 9.02. The van der Waals surface area contributed by atoms with Gasteiger partial charge in [-0.25, -0.2) is 12.8 Å². The molecule has 8 heteroatoms. The number of methoxy groups -OCH3 is 1. The maximum atomic E-state index is 13.2. The molecule has 168 valence electrons. The van der Waals surface area contributed by atoms with E-state index in [0.717, 1.165) is 28.5 Å². The first-order valence-corrected chi connectivity index (χ1v) is 11.6. The van der Waals surface area contributed by atoms with Crippen molar-refractivity contribution in [2.24, 2.45) is 0 Å². The summed E-state index contributed by atoms with van der Waals surface area (Å²) in [5, 5.41) is 4.84. The zero-order chi connectivity index (χ0) is 23.4. The Balaban J connectivity index is 1.55. The fraction of sp³-hybridized carbons (Fsp3) is 0.0800. The summed E-state index contributed by atoms with van der Waals surface area (Å²) in [6, 6.07) is 22.7. The van der Waals surface area contributed by atoms with Crippen molar-refractivity contribution in [1.82, 2.24) is 0 Å². The monoisotopic (exact) mass is 464 g/mol. The van der Waals surface area contributed by atoms with Crippen molar-refractivity contribution < 1.29 is 22.3 Å². The van der Waals surface area contributed by atoms with E-state index in [-0.39, 0.29) is 28.7 Å². The van der Waals surface area contributed by atoms with Gasteiger partial charge in [0.1, 0.15) is 11.6 Å². The molecule has 0 radical (unpaired) electrons. The smallest absolute Gasteiger partial charge is 0.262 e. The van der Waals surface area contributed by atoms with Crippen LogP contribution in [-0.4, -0.2) is 21.4 Å². The highest BCUT2D eigenvalue weighted by Crippen LogP contribution is 2.30. The number of fused-ring (bicyclic) bond motifs is 1. The molecular formula is C25H21FN2O4S. The first kappa shape index (κ1) is 22.3. The molecule has 4 rings (SSSR count). The van der Waals surface area contributed by atoms with Crippen LogP contribution in [0.15, 0.2) is 89.8 Å². The maximum Gasteiger partial charge on any atom is 0.262 e. The highest BCUT2D eigenvalue weighted by atomic mass is 32.2. The Kier molecular flexibility index (Phi) is 6.28. The number of hydrogen-bond donors (Lipinski definition) is 2. The Morgan fingerprint density at radius 1 is 0.939 bits per heavy atom. The number of benzene rings is 4. The van der Waals surface area contributed by atoms with Crippen LogP contribution in [0.25, 0.3) is 10.8 Å². The van der Waals surface area contributed by atoms with Crippen LogP contribution >= 0.6 is 0 Å². The van der Waals surface area contributed by atoms with Crippen LogP contribution in [0.4, 0.5) is 15.8 Å². The number of rotatable bonds is 7. The van der Waals surface area contributed by atoms with Crippen molar-refractivity contribution in [2.45, 2.75) is 11.3 Å². The predicted octanol–water partition coefficient (Wildman–Crippen LogP) is 4.97. The van der Waals surface area contributed by atoms with Gasteiger partial charge in [-0.05, 0) is 58.8 Å². The average molecular weight is 465 g/mol. The number of amides is 1. The van der Waals surface area contributed by atoms with Crippen LogP contribution in [0, 0.1) is 5.82 Å². The molecule has 0 spiro atoms. The number of sulfonamides is 1. The summed E-state index contributed by atoms with van der Waals surface area (Å²) >= 11 is 0. The third-order valence-electron chi connectivity index (χ3n) is 5.08. The van der Waals surface area contributed by atoms with E-state index in [2.05, 4.69) is 10.0 Å². The Labute approximate surface area is 191 Å². The number of nitrogens with one attached hydrogen (secondary N) is 2. The number of halogens is 1. The lowest BCUT2D eigenvalue weighted by molar-refractivity contribution is -0.115. The fourth-order valence-corrected chi connectivity index (χ4v) is 4.57. The van der Waals surface area contributed by atoms with Crippen LogP contribution in [0.3, 0.4) is 0 Å². The molecule has 0 saturated carbocycles. The molecule has 0 saturated heterocycles. The lowest BCUT2D eigenvalue weighted by atomic mass is 10.0. The summed E-state index contributed by atoms with van der Waals surface area (Å²) in [5.74, 6) is -0.515. The van der Waals surface area contributed by atoms with Gasteiger partial charge in [-0.1, -0.05) is 42.5 Å². The number of carbonyl (C=O) groups excluding carboxylic acids is 1. The van der Waals surface area contributed by atoms with E-state index in [1.54, 1.807) is 12.1 Å². The highest BCUT2D eigenvalue weighted by molar-refractivity contribution is 7.92. The van der Waals surface area contributed by atoms with Crippen molar-refractivity contribution in [3.8, 4) is 5.75 Å². The SMILES string of the molecule is COc1ccc(NC(=O)Cc2cccc3ccccc23)cc1NS(=O)(=O)c1ccc(F)cc1. The van der Waals surface area contributed by atoms with Crippen molar-refractivity contribution >= 4 is 38.1 Å². The first-order chi connectivity index (χ1) is 15.9. The Morgan fingerprint density at radius 2 is 1.67 bits per heavy atom. The largest absolute Gasteiger partial charge is 0.495 e.